The number of hydrogen-bond donors (Lipinski definition) is 1. The highest BCUT2D eigenvalue weighted by Gasteiger charge is 2.23. The van der Waals surface area contributed by atoms with Gasteiger partial charge < -0.3 is 14.3 Å². The van der Waals surface area contributed by atoms with E-state index in [1.165, 1.54) is 5.69 Å². The standard InChI is InChI=1S/C14H25N3OS/c1-11(10-16-5-7-18-8-6-16)17-12(14(2,3)4)9-15-13(17)19/h9,11H,5-8,10H2,1-4H3,(H,15,19). The van der Waals surface area contributed by atoms with Gasteiger partial charge in [-0.25, -0.2) is 0 Å². The molecule has 2 rings (SSSR count). The van der Waals surface area contributed by atoms with Crippen molar-refractivity contribution >= 4 is 12.2 Å². The van der Waals surface area contributed by atoms with Crippen molar-refractivity contribution in [3.05, 3.63) is 16.7 Å². The first-order chi connectivity index (χ1) is 8.89. The number of ether oxygens (including phenoxy) is 1. The Bertz CT molecular complexity index is 466. The lowest BCUT2D eigenvalue weighted by molar-refractivity contribution is 0.0322. The zero-order valence-electron chi connectivity index (χ0n) is 12.4. The third kappa shape index (κ3) is 3.46. The van der Waals surface area contributed by atoms with Crippen molar-refractivity contribution in [2.45, 2.75) is 39.2 Å². The summed E-state index contributed by atoms with van der Waals surface area (Å²) in [7, 11) is 0. The summed E-state index contributed by atoms with van der Waals surface area (Å²) < 4.78 is 8.49. The number of aromatic nitrogens is 2. The molecule has 0 aliphatic carbocycles. The number of hydrogen-bond acceptors (Lipinski definition) is 3. The summed E-state index contributed by atoms with van der Waals surface area (Å²) in [5.74, 6) is 0. The van der Waals surface area contributed by atoms with E-state index in [1.54, 1.807) is 0 Å². The predicted octanol–water partition coefficient (Wildman–Crippen LogP) is 2.74. The highest BCUT2D eigenvalue weighted by Crippen LogP contribution is 2.25. The van der Waals surface area contributed by atoms with E-state index < -0.39 is 0 Å². The van der Waals surface area contributed by atoms with E-state index >= 15 is 0 Å². The summed E-state index contributed by atoms with van der Waals surface area (Å²) >= 11 is 5.45. The van der Waals surface area contributed by atoms with Crippen molar-refractivity contribution in [2.75, 3.05) is 32.8 Å². The SMILES string of the molecule is CC(CN1CCOCC1)n1c(C(C)(C)C)c[nH]c1=S. The lowest BCUT2D eigenvalue weighted by Gasteiger charge is -2.31. The zero-order valence-corrected chi connectivity index (χ0v) is 13.2. The number of rotatable bonds is 3. The molecule has 19 heavy (non-hydrogen) atoms. The van der Waals surface area contributed by atoms with Crippen LogP contribution in [0, 0.1) is 4.77 Å². The Labute approximate surface area is 120 Å². The van der Waals surface area contributed by atoms with Crippen molar-refractivity contribution in [1.82, 2.24) is 14.5 Å². The molecule has 2 heterocycles. The number of H-pyrrole nitrogens is 1. The molecule has 108 valence electrons. The fourth-order valence-corrected chi connectivity index (χ4v) is 2.97. The topological polar surface area (TPSA) is 33.2 Å². The number of morpholine rings is 1. The highest BCUT2D eigenvalue weighted by atomic mass is 32.1. The molecule has 1 saturated heterocycles. The Morgan fingerprint density at radius 2 is 2.00 bits per heavy atom. The molecule has 4 nitrogen and oxygen atoms in total. The van der Waals surface area contributed by atoms with Crippen molar-refractivity contribution in [1.29, 1.82) is 0 Å². The van der Waals surface area contributed by atoms with Crippen LogP contribution in [0.2, 0.25) is 0 Å². The summed E-state index contributed by atoms with van der Waals surface area (Å²) in [4.78, 5) is 5.65. The van der Waals surface area contributed by atoms with Crippen LogP contribution in [0.4, 0.5) is 0 Å². The maximum absolute atomic E-state index is 5.45. The van der Waals surface area contributed by atoms with Gasteiger partial charge in [0, 0.05) is 43.0 Å². The van der Waals surface area contributed by atoms with E-state index in [0.717, 1.165) is 37.6 Å². The maximum atomic E-state index is 5.45. The van der Waals surface area contributed by atoms with Gasteiger partial charge in [-0.15, -0.1) is 0 Å². The number of nitrogens with one attached hydrogen (secondary N) is 1. The molecular weight excluding hydrogens is 258 g/mol. The smallest absolute Gasteiger partial charge is 0.177 e. The summed E-state index contributed by atoms with van der Waals surface area (Å²) in [6.45, 7) is 13.7. The first kappa shape index (κ1) is 14.8. The molecule has 0 amide bonds. The van der Waals surface area contributed by atoms with E-state index in [4.69, 9.17) is 17.0 Å². The van der Waals surface area contributed by atoms with Gasteiger partial charge in [-0.05, 0) is 19.1 Å². The molecule has 0 radical (unpaired) electrons. The largest absolute Gasteiger partial charge is 0.379 e. The summed E-state index contributed by atoms with van der Waals surface area (Å²) in [5.41, 5.74) is 1.38. The second-order valence-electron chi connectivity index (χ2n) is 6.36. The van der Waals surface area contributed by atoms with Crippen LogP contribution in [-0.2, 0) is 10.2 Å². The van der Waals surface area contributed by atoms with Crippen LogP contribution in [0.5, 0.6) is 0 Å². The van der Waals surface area contributed by atoms with Crippen LogP contribution >= 0.6 is 12.2 Å². The Morgan fingerprint density at radius 3 is 2.58 bits per heavy atom. The van der Waals surface area contributed by atoms with Crippen LogP contribution in [-0.4, -0.2) is 47.3 Å². The summed E-state index contributed by atoms with van der Waals surface area (Å²) in [6, 6.07) is 0.381. The molecule has 0 bridgehead atoms. The van der Waals surface area contributed by atoms with E-state index in [-0.39, 0.29) is 5.41 Å². The first-order valence-electron chi connectivity index (χ1n) is 7.00. The Kier molecular flexibility index (Phi) is 4.48. The van der Waals surface area contributed by atoms with Crippen molar-refractivity contribution < 1.29 is 4.74 Å². The van der Waals surface area contributed by atoms with Crippen molar-refractivity contribution in [3.8, 4) is 0 Å². The predicted molar refractivity (Wildman–Crippen MR) is 80.3 cm³/mol. The van der Waals surface area contributed by atoms with Gasteiger partial charge in [0.25, 0.3) is 0 Å². The number of aromatic amines is 1. The zero-order chi connectivity index (χ0) is 14.0. The van der Waals surface area contributed by atoms with Crippen molar-refractivity contribution in [2.24, 2.45) is 0 Å². The fraction of sp³-hybridized carbons (Fsp3) is 0.786. The molecule has 1 unspecified atom stereocenters. The first-order valence-corrected chi connectivity index (χ1v) is 7.41. The minimum atomic E-state index is 0.104. The lowest BCUT2D eigenvalue weighted by Crippen LogP contribution is -2.39. The van der Waals surface area contributed by atoms with Gasteiger partial charge in [0.1, 0.15) is 0 Å². The van der Waals surface area contributed by atoms with E-state index in [1.807, 2.05) is 0 Å². The third-order valence-electron chi connectivity index (χ3n) is 3.65. The Morgan fingerprint density at radius 1 is 1.37 bits per heavy atom. The molecule has 0 spiro atoms. The van der Waals surface area contributed by atoms with Gasteiger partial charge in [-0.1, -0.05) is 20.8 Å². The second kappa shape index (κ2) is 5.77. The molecule has 5 heteroatoms. The molecule has 0 saturated carbocycles. The van der Waals surface area contributed by atoms with Gasteiger partial charge in [0.05, 0.1) is 13.2 Å². The maximum Gasteiger partial charge on any atom is 0.177 e. The van der Waals surface area contributed by atoms with E-state index in [9.17, 15) is 0 Å². The van der Waals surface area contributed by atoms with Crippen molar-refractivity contribution in [3.63, 3.8) is 0 Å². The van der Waals surface area contributed by atoms with Gasteiger partial charge >= 0.3 is 0 Å². The Balaban J connectivity index is 2.16. The average Bonchev–Trinajstić information content (AvgIpc) is 2.72. The number of imidazole rings is 1. The van der Waals surface area contributed by atoms with Crippen LogP contribution in [0.3, 0.4) is 0 Å². The monoisotopic (exact) mass is 283 g/mol. The van der Waals surface area contributed by atoms with Crippen LogP contribution < -0.4 is 0 Å². The summed E-state index contributed by atoms with van der Waals surface area (Å²) in [5, 5.41) is 0. The lowest BCUT2D eigenvalue weighted by atomic mass is 9.92. The molecule has 1 N–H and O–H groups in total. The normalized spacial score (nSPS) is 19.6. The molecule has 1 aromatic rings. The molecule has 0 aromatic carbocycles. The summed E-state index contributed by atoms with van der Waals surface area (Å²) in [6.07, 6.45) is 2.05. The van der Waals surface area contributed by atoms with Gasteiger partial charge in [0.15, 0.2) is 4.77 Å². The fourth-order valence-electron chi connectivity index (χ4n) is 2.63. The highest BCUT2D eigenvalue weighted by molar-refractivity contribution is 7.71. The molecular formula is C14H25N3OS. The quantitative estimate of drug-likeness (QED) is 0.866. The van der Waals surface area contributed by atoms with E-state index in [2.05, 4.69) is 48.3 Å². The average molecular weight is 283 g/mol. The Hall–Kier alpha value is -0.650. The van der Waals surface area contributed by atoms with Crippen LogP contribution in [0.1, 0.15) is 39.4 Å². The van der Waals surface area contributed by atoms with Crippen LogP contribution in [0.25, 0.3) is 0 Å². The van der Waals surface area contributed by atoms with Crippen LogP contribution in [0.15, 0.2) is 6.20 Å². The van der Waals surface area contributed by atoms with E-state index in [0.29, 0.717) is 6.04 Å². The van der Waals surface area contributed by atoms with Gasteiger partial charge in [0.2, 0.25) is 0 Å². The molecule has 1 aromatic heterocycles. The second-order valence-corrected chi connectivity index (χ2v) is 6.75. The molecule has 1 atom stereocenters. The number of nitrogens with zero attached hydrogens (tertiary/aromatic N) is 2. The third-order valence-corrected chi connectivity index (χ3v) is 3.96. The molecule has 1 fully saturated rings. The van der Waals surface area contributed by atoms with Gasteiger partial charge in [-0.3, -0.25) is 4.90 Å². The molecule has 1 aliphatic heterocycles. The molecule has 1 aliphatic rings. The minimum Gasteiger partial charge on any atom is -0.379 e. The minimum absolute atomic E-state index is 0.104. The van der Waals surface area contributed by atoms with Gasteiger partial charge in [-0.2, -0.15) is 0 Å².